The molecule has 0 amide bonds. The normalized spacial score (nSPS) is 32.5. The van der Waals surface area contributed by atoms with E-state index in [9.17, 15) is 13.5 Å². The summed E-state index contributed by atoms with van der Waals surface area (Å²) in [5.41, 5.74) is 0.0344. The van der Waals surface area contributed by atoms with E-state index in [-0.39, 0.29) is 29.2 Å². The molecule has 1 saturated carbocycles. The lowest BCUT2D eigenvalue weighted by atomic mass is 9.81. The number of hydrogen-bond donors (Lipinski definition) is 1. The van der Waals surface area contributed by atoms with E-state index in [1.165, 1.54) is 0 Å². The molecule has 5 heteroatoms. The summed E-state index contributed by atoms with van der Waals surface area (Å²) in [5.74, 6) is 0.376. The molecule has 3 atom stereocenters. The van der Waals surface area contributed by atoms with Crippen molar-refractivity contribution in [3.05, 3.63) is 0 Å². The Labute approximate surface area is 130 Å². The van der Waals surface area contributed by atoms with Crippen LogP contribution in [-0.4, -0.2) is 42.3 Å². The fourth-order valence-corrected chi connectivity index (χ4v) is 5.87. The third kappa shape index (κ3) is 4.42. The highest BCUT2D eigenvalue weighted by atomic mass is 32.2. The van der Waals surface area contributed by atoms with E-state index in [4.69, 9.17) is 0 Å². The molecule has 1 aliphatic carbocycles. The number of rotatable bonds is 4. The van der Waals surface area contributed by atoms with Gasteiger partial charge in [0.2, 0.25) is 10.0 Å². The maximum atomic E-state index is 12.7. The van der Waals surface area contributed by atoms with Gasteiger partial charge in [0.15, 0.2) is 0 Å². The maximum Gasteiger partial charge on any atom is 0.214 e. The van der Waals surface area contributed by atoms with Crippen LogP contribution in [0.4, 0.5) is 0 Å². The van der Waals surface area contributed by atoms with Crippen LogP contribution in [-0.2, 0) is 10.0 Å². The molecule has 2 fully saturated rings. The molecule has 1 N–H and O–H groups in total. The maximum absolute atomic E-state index is 12.7. The molecule has 2 aliphatic rings. The molecule has 0 spiro atoms. The molecule has 0 aromatic carbocycles. The molecule has 21 heavy (non-hydrogen) atoms. The molecular weight excluding hydrogens is 286 g/mol. The fraction of sp³-hybridized carbons (Fsp3) is 1.00. The zero-order valence-corrected chi connectivity index (χ0v) is 14.5. The molecular formula is C16H31NO3S. The Morgan fingerprint density at radius 3 is 2.38 bits per heavy atom. The van der Waals surface area contributed by atoms with Gasteiger partial charge >= 0.3 is 0 Å². The zero-order chi connectivity index (χ0) is 15.7. The van der Waals surface area contributed by atoms with Crippen molar-refractivity contribution < 1.29 is 13.5 Å². The molecule has 0 aromatic rings. The summed E-state index contributed by atoms with van der Waals surface area (Å²) in [4.78, 5) is 0. The first-order valence-corrected chi connectivity index (χ1v) is 9.99. The lowest BCUT2D eigenvalue weighted by Gasteiger charge is -2.36. The van der Waals surface area contributed by atoms with Crippen LogP contribution in [0.1, 0.15) is 65.7 Å². The van der Waals surface area contributed by atoms with E-state index < -0.39 is 10.0 Å². The molecule has 124 valence electrons. The Morgan fingerprint density at radius 1 is 1.10 bits per heavy atom. The Kier molecular flexibility index (Phi) is 5.37. The summed E-state index contributed by atoms with van der Waals surface area (Å²) in [5, 5.41) is 10.3. The van der Waals surface area contributed by atoms with Gasteiger partial charge in [0.1, 0.15) is 0 Å². The predicted molar refractivity (Wildman–Crippen MR) is 85.6 cm³/mol. The Balaban J connectivity index is 2.06. The van der Waals surface area contributed by atoms with Gasteiger partial charge < -0.3 is 5.11 Å². The van der Waals surface area contributed by atoms with Crippen molar-refractivity contribution in [3.63, 3.8) is 0 Å². The van der Waals surface area contributed by atoms with E-state index in [1.54, 1.807) is 4.31 Å². The molecule has 1 aliphatic heterocycles. The van der Waals surface area contributed by atoms with Crippen LogP contribution in [0.5, 0.6) is 0 Å². The van der Waals surface area contributed by atoms with Crippen LogP contribution in [0.25, 0.3) is 0 Å². The lowest BCUT2D eigenvalue weighted by molar-refractivity contribution is 0.0386. The Bertz CT molecular complexity index is 441. The smallest absolute Gasteiger partial charge is 0.214 e. The van der Waals surface area contributed by atoms with Gasteiger partial charge in [-0.1, -0.05) is 33.6 Å². The van der Waals surface area contributed by atoms with Gasteiger partial charge in [0, 0.05) is 18.5 Å². The highest BCUT2D eigenvalue weighted by molar-refractivity contribution is 7.89. The third-order valence-corrected chi connectivity index (χ3v) is 6.88. The van der Waals surface area contributed by atoms with Crippen molar-refractivity contribution >= 4 is 10.0 Å². The first-order valence-electron chi connectivity index (χ1n) is 8.38. The second-order valence-electron chi connectivity index (χ2n) is 7.96. The Hall–Kier alpha value is -0.130. The summed E-state index contributed by atoms with van der Waals surface area (Å²) in [6.07, 6.45) is 6.20. The van der Waals surface area contributed by atoms with Crippen molar-refractivity contribution in [3.8, 4) is 0 Å². The molecule has 1 saturated heterocycles. The summed E-state index contributed by atoms with van der Waals surface area (Å²) in [7, 11) is -3.19. The van der Waals surface area contributed by atoms with Crippen molar-refractivity contribution in [2.24, 2.45) is 11.3 Å². The van der Waals surface area contributed by atoms with Gasteiger partial charge in [-0.2, -0.15) is 4.31 Å². The van der Waals surface area contributed by atoms with Gasteiger partial charge in [0.05, 0.1) is 11.9 Å². The van der Waals surface area contributed by atoms with Gasteiger partial charge in [-0.05, 0) is 37.5 Å². The molecule has 0 radical (unpaired) electrons. The number of hydrogen-bond acceptors (Lipinski definition) is 3. The average molecular weight is 317 g/mol. The molecule has 0 aromatic heterocycles. The van der Waals surface area contributed by atoms with Gasteiger partial charge in [0.25, 0.3) is 0 Å². The van der Waals surface area contributed by atoms with Crippen molar-refractivity contribution in [2.45, 2.75) is 77.9 Å². The number of nitrogens with zero attached hydrogens (tertiary/aromatic N) is 1. The van der Waals surface area contributed by atoms with E-state index in [1.807, 2.05) is 0 Å². The number of sulfonamides is 1. The van der Waals surface area contributed by atoms with Crippen LogP contribution < -0.4 is 0 Å². The quantitative estimate of drug-likeness (QED) is 0.867. The molecule has 2 rings (SSSR count). The summed E-state index contributed by atoms with van der Waals surface area (Å²) < 4.78 is 27.1. The van der Waals surface area contributed by atoms with Gasteiger partial charge in [-0.3, -0.25) is 0 Å². The van der Waals surface area contributed by atoms with Crippen LogP contribution in [0.3, 0.4) is 0 Å². The molecule has 3 unspecified atom stereocenters. The minimum absolute atomic E-state index is 0.0327. The fourth-order valence-electron chi connectivity index (χ4n) is 3.68. The van der Waals surface area contributed by atoms with Gasteiger partial charge in [-0.15, -0.1) is 0 Å². The molecule has 1 heterocycles. The monoisotopic (exact) mass is 317 g/mol. The lowest BCUT2D eigenvalue weighted by Crippen LogP contribution is -2.46. The summed E-state index contributed by atoms with van der Waals surface area (Å²) in [6.45, 7) is 6.87. The van der Waals surface area contributed by atoms with Crippen molar-refractivity contribution in [1.29, 1.82) is 0 Å². The molecule has 4 nitrogen and oxygen atoms in total. The van der Waals surface area contributed by atoms with Crippen molar-refractivity contribution in [2.75, 3.05) is 12.3 Å². The first-order chi connectivity index (χ1) is 9.71. The zero-order valence-electron chi connectivity index (χ0n) is 13.7. The van der Waals surface area contributed by atoms with Crippen LogP contribution in [0, 0.1) is 11.3 Å². The second kappa shape index (κ2) is 6.55. The molecule has 0 bridgehead atoms. The van der Waals surface area contributed by atoms with E-state index >= 15 is 0 Å². The number of aliphatic hydroxyl groups is 1. The predicted octanol–water partition coefficient (Wildman–Crippen LogP) is 2.77. The summed E-state index contributed by atoms with van der Waals surface area (Å²) in [6, 6.07) is 0.0327. The largest absolute Gasteiger partial charge is 0.393 e. The minimum Gasteiger partial charge on any atom is -0.393 e. The topological polar surface area (TPSA) is 57.6 Å². The van der Waals surface area contributed by atoms with Crippen LogP contribution >= 0.6 is 0 Å². The van der Waals surface area contributed by atoms with Crippen LogP contribution in [0.2, 0.25) is 0 Å². The number of aliphatic hydroxyl groups excluding tert-OH is 1. The van der Waals surface area contributed by atoms with E-state index in [0.717, 1.165) is 38.5 Å². The summed E-state index contributed by atoms with van der Waals surface area (Å²) >= 11 is 0. The highest BCUT2D eigenvalue weighted by Gasteiger charge is 2.41. The average Bonchev–Trinajstić information content (AvgIpc) is 2.86. The standard InChI is InChI=1S/C16H31NO3S/c1-16(2,3)10-12-21(19,20)17-11-6-8-14(17)13-7-4-5-9-15(13)18/h13-15,18H,4-12H2,1-3H3. The Morgan fingerprint density at radius 2 is 1.76 bits per heavy atom. The first kappa shape index (κ1) is 17.2. The van der Waals surface area contributed by atoms with Crippen LogP contribution in [0.15, 0.2) is 0 Å². The second-order valence-corrected chi connectivity index (χ2v) is 10.0. The minimum atomic E-state index is -3.19. The van der Waals surface area contributed by atoms with Gasteiger partial charge in [-0.25, -0.2) is 8.42 Å². The SMILES string of the molecule is CC(C)(C)CCS(=O)(=O)N1CCCC1C1CCCCC1O. The van der Waals surface area contributed by atoms with Crippen molar-refractivity contribution in [1.82, 2.24) is 4.31 Å². The third-order valence-electron chi connectivity index (χ3n) is 4.99. The van der Waals surface area contributed by atoms with E-state index in [0.29, 0.717) is 13.0 Å². The highest BCUT2D eigenvalue weighted by Crippen LogP contribution is 2.36. The van der Waals surface area contributed by atoms with E-state index in [2.05, 4.69) is 20.8 Å².